The standard InChI is InChI=1S/C30H30FN3O3/c1-37-25-16-14-24(15-17-25)34(28(35)18-21-19-32-27-9-5-4-8-26(21)27)29(20-10-12-22(31)13-11-20)30(36)33-23-6-2-3-7-23/h4-5,8-17,19,23,29,32H,2-3,6-7,18H2,1H3,(H,33,36)/t29-/m1/s1. The third kappa shape index (κ3) is 5.35. The van der Waals surface area contributed by atoms with Gasteiger partial charge in [0.2, 0.25) is 11.8 Å². The summed E-state index contributed by atoms with van der Waals surface area (Å²) >= 11 is 0. The monoisotopic (exact) mass is 499 g/mol. The second-order valence-corrected chi connectivity index (χ2v) is 9.44. The molecule has 7 heteroatoms. The van der Waals surface area contributed by atoms with Crippen molar-refractivity contribution >= 4 is 28.4 Å². The predicted molar refractivity (Wildman–Crippen MR) is 142 cm³/mol. The number of nitrogens with one attached hydrogen (secondary N) is 2. The number of carbonyl (C=O) groups excluding carboxylic acids is 2. The lowest BCUT2D eigenvalue weighted by atomic mass is 10.0. The second-order valence-electron chi connectivity index (χ2n) is 9.44. The van der Waals surface area contributed by atoms with E-state index >= 15 is 0 Å². The highest BCUT2D eigenvalue weighted by Crippen LogP contribution is 2.32. The van der Waals surface area contributed by atoms with Crippen LogP contribution >= 0.6 is 0 Å². The summed E-state index contributed by atoms with van der Waals surface area (Å²) in [5.41, 5.74) is 2.88. The number of halogens is 1. The van der Waals surface area contributed by atoms with Crippen LogP contribution in [0.3, 0.4) is 0 Å². The molecule has 0 aliphatic heterocycles. The molecule has 1 heterocycles. The van der Waals surface area contributed by atoms with E-state index in [-0.39, 0.29) is 24.3 Å². The molecular formula is C30H30FN3O3. The lowest BCUT2D eigenvalue weighted by Gasteiger charge is -2.32. The number of amides is 2. The van der Waals surface area contributed by atoms with Gasteiger partial charge in [0.05, 0.1) is 13.5 Å². The molecule has 1 saturated carbocycles. The van der Waals surface area contributed by atoms with Gasteiger partial charge in [0.25, 0.3) is 0 Å². The molecule has 1 atom stereocenters. The zero-order valence-corrected chi connectivity index (χ0v) is 20.7. The number of aromatic nitrogens is 1. The Labute approximate surface area is 215 Å². The number of hydrogen-bond acceptors (Lipinski definition) is 3. The first kappa shape index (κ1) is 24.6. The van der Waals surface area contributed by atoms with Crippen LogP contribution < -0.4 is 15.0 Å². The van der Waals surface area contributed by atoms with E-state index in [1.165, 1.54) is 17.0 Å². The van der Waals surface area contributed by atoms with E-state index in [0.717, 1.165) is 42.1 Å². The number of hydrogen-bond donors (Lipinski definition) is 2. The van der Waals surface area contributed by atoms with Gasteiger partial charge in [-0.3, -0.25) is 14.5 Å². The summed E-state index contributed by atoms with van der Waals surface area (Å²) in [5.74, 6) is -0.284. The van der Waals surface area contributed by atoms with E-state index in [0.29, 0.717) is 17.0 Å². The number of H-pyrrole nitrogens is 1. The Morgan fingerprint density at radius 3 is 2.43 bits per heavy atom. The number of nitrogens with zero attached hydrogens (tertiary/aromatic N) is 1. The van der Waals surface area contributed by atoms with Crippen molar-refractivity contribution in [2.45, 2.75) is 44.2 Å². The van der Waals surface area contributed by atoms with Gasteiger partial charge in [-0.1, -0.05) is 43.2 Å². The Morgan fingerprint density at radius 1 is 1.03 bits per heavy atom. The van der Waals surface area contributed by atoms with Gasteiger partial charge >= 0.3 is 0 Å². The molecule has 190 valence electrons. The first-order valence-electron chi connectivity index (χ1n) is 12.6. The van der Waals surface area contributed by atoms with E-state index in [2.05, 4.69) is 10.3 Å². The van der Waals surface area contributed by atoms with Crippen molar-refractivity contribution in [3.63, 3.8) is 0 Å². The van der Waals surface area contributed by atoms with Crippen LogP contribution in [-0.2, 0) is 16.0 Å². The van der Waals surface area contributed by atoms with Gasteiger partial charge in [-0.15, -0.1) is 0 Å². The molecule has 37 heavy (non-hydrogen) atoms. The molecule has 0 radical (unpaired) electrons. The van der Waals surface area contributed by atoms with Gasteiger partial charge < -0.3 is 15.0 Å². The maximum Gasteiger partial charge on any atom is 0.248 e. The average Bonchev–Trinajstić information content (AvgIpc) is 3.58. The molecule has 1 aliphatic rings. The molecule has 1 aliphatic carbocycles. The van der Waals surface area contributed by atoms with E-state index in [1.807, 2.05) is 30.5 Å². The van der Waals surface area contributed by atoms with E-state index in [9.17, 15) is 14.0 Å². The molecule has 0 bridgehead atoms. The number of benzene rings is 3. The normalized spacial score (nSPS) is 14.4. The van der Waals surface area contributed by atoms with E-state index in [1.54, 1.807) is 43.5 Å². The molecule has 4 aromatic rings. The summed E-state index contributed by atoms with van der Waals surface area (Å²) in [6.45, 7) is 0. The molecule has 2 N–H and O–H groups in total. The number of ether oxygens (including phenoxy) is 1. The van der Waals surface area contributed by atoms with Crippen molar-refractivity contribution in [1.29, 1.82) is 0 Å². The molecule has 1 aromatic heterocycles. The summed E-state index contributed by atoms with van der Waals surface area (Å²) in [5, 5.41) is 4.11. The summed E-state index contributed by atoms with van der Waals surface area (Å²) in [4.78, 5) is 32.6. The van der Waals surface area contributed by atoms with Crippen LogP contribution in [0.5, 0.6) is 5.75 Å². The number of rotatable bonds is 8. The van der Waals surface area contributed by atoms with E-state index < -0.39 is 11.9 Å². The summed E-state index contributed by atoms with van der Waals surface area (Å²) in [7, 11) is 1.57. The highest BCUT2D eigenvalue weighted by molar-refractivity contribution is 6.03. The van der Waals surface area contributed by atoms with Gasteiger partial charge in [0.15, 0.2) is 0 Å². The van der Waals surface area contributed by atoms with Crippen LogP contribution in [0, 0.1) is 5.82 Å². The van der Waals surface area contributed by atoms with Crippen molar-refractivity contribution in [2.24, 2.45) is 0 Å². The Balaban J connectivity index is 1.56. The SMILES string of the molecule is COc1ccc(N(C(=O)Cc2c[nH]c3ccccc23)[C@@H](C(=O)NC2CCCC2)c2ccc(F)cc2)cc1. The molecule has 2 amide bonds. The minimum absolute atomic E-state index is 0.0666. The highest BCUT2D eigenvalue weighted by atomic mass is 19.1. The number of methoxy groups -OCH3 is 1. The Hall–Kier alpha value is -4.13. The van der Waals surface area contributed by atoms with Gasteiger partial charge in [-0.05, 0) is 66.4 Å². The van der Waals surface area contributed by atoms with Crippen LogP contribution in [0.1, 0.15) is 42.9 Å². The lowest BCUT2D eigenvalue weighted by molar-refractivity contribution is -0.127. The largest absolute Gasteiger partial charge is 0.497 e. The van der Waals surface area contributed by atoms with Crippen LogP contribution in [0.2, 0.25) is 0 Å². The fourth-order valence-electron chi connectivity index (χ4n) is 5.12. The zero-order valence-electron chi connectivity index (χ0n) is 20.7. The van der Waals surface area contributed by atoms with Crippen molar-refractivity contribution in [3.8, 4) is 5.75 Å². The Kier molecular flexibility index (Phi) is 7.21. The topological polar surface area (TPSA) is 74.4 Å². The lowest BCUT2D eigenvalue weighted by Crippen LogP contribution is -2.46. The van der Waals surface area contributed by atoms with Crippen LogP contribution in [0.4, 0.5) is 10.1 Å². The molecule has 6 nitrogen and oxygen atoms in total. The van der Waals surface area contributed by atoms with Gasteiger partial charge in [-0.25, -0.2) is 4.39 Å². The molecule has 0 spiro atoms. The summed E-state index contributed by atoms with van der Waals surface area (Å²) in [6, 6.07) is 19.7. The summed E-state index contributed by atoms with van der Waals surface area (Å²) < 4.78 is 19.2. The Bertz CT molecular complexity index is 1380. The maximum absolute atomic E-state index is 14.1. The first-order chi connectivity index (χ1) is 18.0. The third-order valence-corrected chi connectivity index (χ3v) is 7.03. The molecule has 3 aromatic carbocycles. The molecule has 0 saturated heterocycles. The maximum atomic E-state index is 14.1. The zero-order chi connectivity index (χ0) is 25.8. The third-order valence-electron chi connectivity index (χ3n) is 7.03. The smallest absolute Gasteiger partial charge is 0.248 e. The minimum atomic E-state index is -0.965. The second kappa shape index (κ2) is 10.9. The van der Waals surface area contributed by atoms with Gasteiger partial charge in [0.1, 0.15) is 17.6 Å². The van der Waals surface area contributed by atoms with Crippen LogP contribution in [0.15, 0.2) is 79.0 Å². The van der Waals surface area contributed by atoms with Gasteiger partial charge in [-0.2, -0.15) is 0 Å². The fraction of sp³-hybridized carbons (Fsp3) is 0.267. The number of anilines is 1. The fourth-order valence-corrected chi connectivity index (χ4v) is 5.12. The summed E-state index contributed by atoms with van der Waals surface area (Å²) in [6.07, 6.45) is 5.87. The van der Waals surface area contributed by atoms with Crippen molar-refractivity contribution < 1.29 is 18.7 Å². The number of aromatic amines is 1. The van der Waals surface area contributed by atoms with Gasteiger partial charge in [0, 0.05) is 28.8 Å². The van der Waals surface area contributed by atoms with E-state index in [4.69, 9.17) is 4.74 Å². The molecule has 1 fully saturated rings. The first-order valence-corrected chi connectivity index (χ1v) is 12.6. The number of fused-ring (bicyclic) bond motifs is 1. The Morgan fingerprint density at radius 2 is 1.73 bits per heavy atom. The average molecular weight is 500 g/mol. The van der Waals surface area contributed by atoms with Crippen molar-refractivity contribution in [2.75, 3.05) is 12.0 Å². The van der Waals surface area contributed by atoms with Crippen LogP contribution in [0.25, 0.3) is 10.9 Å². The number of para-hydroxylation sites is 1. The minimum Gasteiger partial charge on any atom is -0.497 e. The molecular weight excluding hydrogens is 469 g/mol. The van der Waals surface area contributed by atoms with Crippen molar-refractivity contribution in [1.82, 2.24) is 10.3 Å². The van der Waals surface area contributed by atoms with Crippen LogP contribution in [-0.4, -0.2) is 29.9 Å². The molecule has 5 rings (SSSR count). The predicted octanol–water partition coefficient (Wildman–Crippen LogP) is 5.69. The van der Waals surface area contributed by atoms with Crippen molar-refractivity contribution in [3.05, 3.63) is 95.9 Å². The molecule has 0 unspecified atom stereocenters. The highest BCUT2D eigenvalue weighted by Gasteiger charge is 2.34. The quantitative estimate of drug-likeness (QED) is 0.327. The number of carbonyl (C=O) groups is 2.